The van der Waals surface area contributed by atoms with E-state index in [1.807, 2.05) is 12.4 Å². The quantitative estimate of drug-likeness (QED) is 0.229. The maximum Gasteiger partial charge on any atom is 0.120 e. The summed E-state index contributed by atoms with van der Waals surface area (Å²) in [5.41, 5.74) is 9.93. The Kier molecular flexibility index (Phi) is 6.37. The fourth-order valence-corrected chi connectivity index (χ4v) is 4.51. The summed E-state index contributed by atoms with van der Waals surface area (Å²) in [6.45, 7) is 7.90. The molecule has 0 aliphatic heterocycles. The second-order valence-corrected chi connectivity index (χ2v) is 8.76. The minimum absolute atomic E-state index is 0.775. The molecular weight excluding hydrogens is 408 g/mol. The fourth-order valence-electron chi connectivity index (χ4n) is 4.51. The van der Waals surface area contributed by atoms with Crippen LogP contribution in [0, 0.1) is 0 Å². The van der Waals surface area contributed by atoms with Crippen LogP contribution in [-0.4, -0.2) is 33.0 Å². The van der Waals surface area contributed by atoms with E-state index in [0.29, 0.717) is 0 Å². The summed E-state index contributed by atoms with van der Waals surface area (Å²) in [6, 6.07) is 13.5. The number of imidazole rings is 2. The van der Waals surface area contributed by atoms with Gasteiger partial charge in [0.05, 0.1) is 36.9 Å². The van der Waals surface area contributed by atoms with Crippen molar-refractivity contribution in [1.29, 1.82) is 0 Å². The summed E-state index contributed by atoms with van der Waals surface area (Å²) in [5.74, 6) is 1.96. The van der Waals surface area contributed by atoms with Gasteiger partial charge in [-0.25, -0.2) is 9.97 Å². The number of nitrogens with one attached hydrogen (secondary N) is 4. The highest BCUT2D eigenvalue weighted by Gasteiger charge is 2.20. The zero-order chi connectivity index (χ0) is 22.6. The van der Waals surface area contributed by atoms with E-state index in [-0.39, 0.29) is 0 Å². The van der Waals surface area contributed by atoms with Gasteiger partial charge in [0.1, 0.15) is 11.6 Å². The van der Waals surface area contributed by atoms with E-state index in [1.54, 1.807) is 0 Å². The van der Waals surface area contributed by atoms with E-state index in [0.717, 1.165) is 68.5 Å². The topological polar surface area (TPSA) is 81.4 Å². The van der Waals surface area contributed by atoms with E-state index in [9.17, 15) is 0 Å². The molecule has 170 valence electrons. The van der Waals surface area contributed by atoms with Crippen LogP contribution in [0.2, 0.25) is 0 Å². The van der Waals surface area contributed by atoms with Crippen molar-refractivity contribution in [2.45, 2.75) is 46.2 Å². The van der Waals surface area contributed by atoms with Gasteiger partial charge < -0.3 is 20.6 Å². The van der Waals surface area contributed by atoms with Crippen molar-refractivity contribution >= 4 is 0 Å². The Morgan fingerprint density at radius 3 is 1.67 bits per heavy atom. The lowest BCUT2D eigenvalue weighted by Crippen LogP contribution is -2.14. The summed E-state index contributed by atoms with van der Waals surface area (Å²) in [6.07, 6.45) is 7.08. The molecular formula is C27H32N6. The molecule has 0 spiro atoms. The zero-order valence-corrected chi connectivity index (χ0v) is 19.5. The van der Waals surface area contributed by atoms with Crippen LogP contribution in [-0.2, 0) is 19.5 Å². The molecule has 6 heteroatoms. The molecule has 2 aromatic carbocycles. The van der Waals surface area contributed by atoms with Crippen LogP contribution in [0.25, 0.3) is 33.6 Å². The van der Waals surface area contributed by atoms with Crippen molar-refractivity contribution in [1.82, 2.24) is 30.6 Å². The standard InChI is InChI=1S/C27H32N6/c1-3-9-28-16-26-30-14-24(32-26)18-5-7-22-20(11-18)13-21-12-19(6-8-23(21)22)25-15-31-27(33-25)17-29-10-4-2/h5-8,11-12,14-15,28-29H,3-4,9-10,13,16-17H2,1-2H3,(H,30,32)(H,31,33). The molecule has 0 unspecified atom stereocenters. The van der Waals surface area contributed by atoms with E-state index in [1.165, 1.54) is 33.4 Å². The highest BCUT2D eigenvalue weighted by molar-refractivity contribution is 5.81. The second kappa shape index (κ2) is 9.73. The number of nitrogens with zero attached hydrogens (tertiary/aromatic N) is 2. The highest BCUT2D eigenvalue weighted by atomic mass is 15.0. The first-order valence-corrected chi connectivity index (χ1v) is 12.0. The van der Waals surface area contributed by atoms with Gasteiger partial charge >= 0.3 is 0 Å². The largest absolute Gasteiger partial charge is 0.341 e. The van der Waals surface area contributed by atoms with Gasteiger partial charge in [-0.15, -0.1) is 0 Å². The molecule has 4 aromatic rings. The zero-order valence-electron chi connectivity index (χ0n) is 19.5. The van der Waals surface area contributed by atoms with E-state index < -0.39 is 0 Å². The van der Waals surface area contributed by atoms with Crippen LogP contribution >= 0.6 is 0 Å². The summed E-state index contributed by atoms with van der Waals surface area (Å²) in [4.78, 5) is 16.0. The average Bonchev–Trinajstić information content (AvgIpc) is 3.57. The third-order valence-electron chi connectivity index (χ3n) is 6.20. The summed E-state index contributed by atoms with van der Waals surface area (Å²) in [5, 5.41) is 6.80. The lowest BCUT2D eigenvalue weighted by atomic mass is 10.0. The van der Waals surface area contributed by atoms with Gasteiger partial charge in [0.25, 0.3) is 0 Å². The Labute approximate surface area is 195 Å². The van der Waals surface area contributed by atoms with Crippen molar-refractivity contribution in [3.8, 4) is 33.6 Å². The number of hydrogen-bond acceptors (Lipinski definition) is 4. The number of aromatic amines is 2. The Morgan fingerprint density at radius 1 is 0.727 bits per heavy atom. The van der Waals surface area contributed by atoms with Gasteiger partial charge in [-0.3, -0.25) is 0 Å². The van der Waals surface area contributed by atoms with Crippen LogP contribution in [0.1, 0.15) is 49.5 Å². The van der Waals surface area contributed by atoms with Crippen molar-refractivity contribution in [3.05, 3.63) is 71.6 Å². The monoisotopic (exact) mass is 440 g/mol. The van der Waals surface area contributed by atoms with Crippen LogP contribution in [0.3, 0.4) is 0 Å². The van der Waals surface area contributed by atoms with E-state index >= 15 is 0 Å². The van der Waals surface area contributed by atoms with Crippen LogP contribution in [0.5, 0.6) is 0 Å². The molecule has 6 nitrogen and oxygen atoms in total. The second-order valence-electron chi connectivity index (χ2n) is 8.76. The van der Waals surface area contributed by atoms with E-state index in [2.05, 4.69) is 80.8 Å². The maximum atomic E-state index is 4.54. The van der Waals surface area contributed by atoms with Gasteiger partial charge in [-0.05, 0) is 77.9 Å². The van der Waals surface area contributed by atoms with E-state index in [4.69, 9.17) is 0 Å². The van der Waals surface area contributed by atoms with Gasteiger partial charge in [-0.2, -0.15) is 0 Å². The number of rotatable bonds is 10. The number of hydrogen-bond donors (Lipinski definition) is 4. The molecule has 4 N–H and O–H groups in total. The first kappa shape index (κ1) is 21.6. The molecule has 1 aliphatic carbocycles. The number of benzene rings is 2. The molecule has 1 aliphatic rings. The van der Waals surface area contributed by atoms with Gasteiger partial charge in [-0.1, -0.05) is 38.1 Å². The Bertz CT molecular complexity index is 1140. The molecule has 0 amide bonds. The molecule has 33 heavy (non-hydrogen) atoms. The smallest absolute Gasteiger partial charge is 0.120 e. The predicted octanol–water partition coefficient (Wildman–Crippen LogP) is 5.04. The highest BCUT2D eigenvalue weighted by Crippen LogP contribution is 2.40. The number of aromatic nitrogens is 4. The third kappa shape index (κ3) is 4.63. The Hall–Kier alpha value is -3.22. The Balaban J connectivity index is 1.32. The average molecular weight is 441 g/mol. The lowest BCUT2D eigenvalue weighted by Gasteiger charge is -2.05. The van der Waals surface area contributed by atoms with Gasteiger partial charge in [0, 0.05) is 0 Å². The van der Waals surface area contributed by atoms with Crippen molar-refractivity contribution in [2.24, 2.45) is 0 Å². The molecule has 0 radical (unpaired) electrons. The predicted molar refractivity (Wildman–Crippen MR) is 134 cm³/mol. The van der Waals surface area contributed by atoms with Crippen molar-refractivity contribution < 1.29 is 0 Å². The molecule has 2 aromatic heterocycles. The van der Waals surface area contributed by atoms with Crippen molar-refractivity contribution in [3.63, 3.8) is 0 Å². The van der Waals surface area contributed by atoms with Gasteiger partial charge in [0.2, 0.25) is 0 Å². The molecule has 5 rings (SSSR count). The van der Waals surface area contributed by atoms with Gasteiger partial charge in [0.15, 0.2) is 0 Å². The SMILES string of the molecule is CCCNCc1ncc(-c2ccc3c(c2)Cc2cc(-c4cnc(CNCCC)[nH]4)ccc2-3)[nH]1. The first-order chi connectivity index (χ1) is 16.2. The molecule has 0 saturated carbocycles. The minimum atomic E-state index is 0.775. The van der Waals surface area contributed by atoms with Crippen LogP contribution < -0.4 is 10.6 Å². The van der Waals surface area contributed by atoms with Crippen LogP contribution in [0.15, 0.2) is 48.8 Å². The van der Waals surface area contributed by atoms with Crippen molar-refractivity contribution in [2.75, 3.05) is 13.1 Å². The van der Waals surface area contributed by atoms with Crippen LogP contribution in [0.4, 0.5) is 0 Å². The normalized spacial score (nSPS) is 12.2. The molecule has 0 saturated heterocycles. The summed E-state index contributed by atoms with van der Waals surface area (Å²) < 4.78 is 0. The lowest BCUT2D eigenvalue weighted by molar-refractivity contribution is 0.655. The molecule has 0 fully saturated rings. The number of fused-ring (bicyclic) bond motifs is 3. The third-order valence-corrected chi connectivity index (χ3v) is 6.20. The minimum Gasteiger partial charge on any atom is -0.341 e. The fraction of sp³-hybridized carbons (Fsp3) is 0.333. The number of H-pyrrole nitrogens is 2. The maximum absolute atomic E-state index is 4.54. The molecule has 0 bridgehead atoms. The molecule has 2 heterocycles. The summed E-state index contributed by atoms with van der Waals surface area (Å²) in [7, 11) is 0. The Morgan fingerprint density at radius 2 is 1.21 bits per heavy atom. The molecule has 0 atom stereocenters. The summed E-state index contributed by atoms with van der Waals surface area (Å²) >= 11 is 0. The first-order valence-electron chi connectivity index (χ1n) is 12.0.